The van der Waals surface area contributed by atoms with Gasteiger partial charge in [-0.2, -0.15) is 0 Å². The van der Waals surface area contributed by atoms with Crippen molar-refractivity contribution in [2.45, 2.75) is 37.6 Å². The second-order valence-corrected chi connectivity index (χ2v) is 7.83. The van der Waals surface area contributed by atoms with Crippen molar-refractivity contribution in [1.29, 1.82) is 0 Å². The SMILES string of the molecule is CC1CCCN(C(=O)c2ccccc2S(=O)(=O)Cl)C1C. The van der Waals surface area contributed by atoms with Crippen LogP contribution in [-0.2, 0) is 9.05 Å². The van der Waals surface area contributed by atoms with Crippen molar-refractivity contribution in [1.82, 2.24) is 4.90 Å². The van der Waals surface area contributed by atoms with Crippen molar-refractivity contribution in [2.24, 2.45) is 5.92 Å². The second kappa shape index (κ2) is 5.74. The molecule has 110 valence electrons. The first-order valence-corrected chi connectivity index (χ1v) is 8.98. The number of hydrogen-bond acceptors (Lipinski definition) is 3. The van der Waals surface area contributed by atoms with E-state index >= 15 is 0 Å². The summed E-state index contributed by atoms with van der Waals surface area (Å²) in [5.41, 5.74) is 0.156. The summed E-state index contributed by atoms with van der Waals surface area (Å²) in [6.07, 6.45) is 2.02. The first-order chi connectivity index (χ1) is 9.32. The van der Waals surface area contributed by atoms with Crippen molar-refractivity contribution >= 4 is 25.6 Å². The fourth-order valence-electron chi connectivity index (χ4n) is 2.63. The maximum atomic E-state index is 12.6. The van der Waals surface area contributed by atoms with Gasteiger partial charge in [0.05, 0.1) is 10.5 Å². The standard InChI is InChI=1S/C14H18ClNO3S/c1-10-6-5-9-16(11(10)2)14(17)12-7-3-4-8-13(12)20(15,18)19/h3-4,7-8,10-11H,5-6,9H2,1-2H3. The summed E-state index contributed by atoms with van der Waals surface area (Å²) in [5, 5.41) is 0. The third kappa shape index (κ3) is 2.99. The number of rotatable bonds is 2. The molecule has 1 aliphatic rings. The first kappa shape index (κ1) is 15.3. The van der Waals surface area contributed by atoms with E-state index in [0.717, 1.165) is 12.8 Å². The number of carbonyl (C=O) groups excluding carboxylic acids is 1. The van der Waals surface area contributed by atoms with E-state index in [4.69, 9.17) is 10.7 Å². The van der Waals surface area contributed by atoms with Gasteiger partial charge in [0, 0.05) is 23.3 Å². The molecule has 0 spiro atoms. The average molecular weight is 316 g/mol. The molecule has 0 radical (unpaired) electrons. The Bertz CT molecular complexity index is 615. The van der Waals surface area contributed by atoms with Crippen LogP contribution in [0.1, 0.15) is 37.0 Å². The highest BCUT2D eigenvalue weighted by atomic mass is 35.7. The van der Waals surface area contributed by atoms with Crippen LogP contribution >= 0.6 is 10.7 Å². The minimum Gasteiger partial charge on any atom is -0.336 e. The Labute approximate surface area is 124 Å². The van der Waals surface area contributed by atoms with Crippen LogP contribution in [0.15, 0.2) is 29.2 Å². The molecule has 1 saturated heterocycles. The summed E-state index contributed by atoms with van der Waals surface area (Å²) in [6.45, 7) is 4.76. The Morgan fingerprint density at radius 3 is 2.60 bits per heavy atom. The molecule has 1 aromatic carbocycles. The molecule has 0 aliphatic carbocycles. The van der Waals surface area contributed by atoms with Gasteiger partial charge in [-0.15, -0.1) is 0 Å². The van der Waals surface area contributed by atoms with Crippen molar-refractivity contribution in [2.75, 3.05) is 6.54 Å². The third-order valence-corrected chi connectivity index (χ3v) is 5.39. The van der Waals surface area contributed by atoms with Crippen molar-refractivity contribution in [3.8, 4) is 0 Å². The van der Waals surface area contributed by atoms with Crippen LogP contribution in [0.25, 0.3) is 0 Å². The van der Waals surface area contributed by atoms with Gasteiger partial charge in [0.15, 0.2) is 0 Å². The molecule has 2 unspecified atom stereocenters. The number of benzene rings is 1. The number of carbonyl (C=O) groups is 1. The summed E-state index contributed by atoms with van der Waals surface area (Å²) in [7, 11) is 1.49. The summed E-state index contributed by atoms with van der Waals surface area (Å²) < 4.78 is 23.2. The Kier molecular flexibility index (Phi) is 4.39. The van der Waals surface area contributed by atoms with Crippen molar-refractivity contribution < 1.29 is 13.2 Å². The lowest BCUT2D eigenvalue weighted by molar-refractivity contribution is 0.0547. The van der Waals surface area contributed by atoms with Crippen LogP contribution < -0.4 is 0 Å². The maximum Gasteiger partial charge on any atom is 0.262 e. The molecule has 1 fully saturated rings. The number of piperidine rings is 1. The summed E-state index contributed by atoms with van der Waals surface area (Å²) >= 11 is 0. The summed E-state index contributed by atoms with van der Waals surface area (Å²) in [6, 6.07) is 6.20. The number of halogens is 1. The summed E-state index contributed by atoms with van der Waals surface area (Å²) in [4.78, 5) is 14.3. The minimum absolute atomic E-state index is 0.0994. The lowest BCUT2D eigenvalue weighted by atomic mass is 9.91. The molecule has 0 saturated carbocycles. The molecule has 6 heteroatoms. The topological polar surface area (TPSA) is 54.5 Å². The van der Waals surface area contributed by atoms with Gasteiger partial charge in [-0.25, -0.2) is 8.42 Å². The Hall–Kier alpha value is -1.07. The smallest absolute Gasteiger partial charge is 0.262 e. The quantitative estimate of drug-likeness (QED) is 0.789. The molecule has 20 heavy (non-hydrogen) atoms. The van der Waals surface area contributed by atoms with E-state index in [1.54, 1.807) is 17.0 Å². The highest BCUT2D eigenvalue weighted by Gasteiger charge is 2.31. The lowest BCUT2D eigenvalue weighted by Crippen LogP contribution is -2.46. The van der Waals surface area contributed by atoms with E-state index in [9.17, 15) is 13.2 Å². The van der Waals surface area contributed by atoms with E-state index in [1.165, 1.54) is 12.1 Å². The molecule has 4 nitrogen and oxygen atoms in total. The predicted molar refractivity (Wildman–Crippen MR) is 78.4 cm³/mol. The Balaban J connectivity index is 2.39. The van der Waals surface area contributed by atoms with Crippen LogP contribution in [-0.4, -0.2) is 31.8 Å². The molecular weight excluding hydrogens is 298 g/mol. The Morgan fingerprint density at radius 1 is 1.30 bits per heavy atom. The highest BCUT2D eigenvalue weighted by Crippen LogP contribution is 2.27. The van der Waals surface area contributed by atoms with Gasteiger partial charge in [0.2, 0.25) is 0 Å². The third-order valence-electron chi connectivity index (χ3n) is 4.01. The minimum atomic E-state index is -3.92. The van der Waals surface area contributed by atoms with Crippen LogP contribution in [0.3, 0.4) is 0 Å². The van der Waals surface area contributed by atoms with Gasteiger partial charge in [-0.3, -0.25) is 4.79 Å². The van der Waals surface area contributed by atoms with E-state index in [1.807, 2.05) is 6.92 Å². The number of hydrogen-bond donors (Lipinski definition) is 0. The monoisotopic (exact) mass is 315 g/mol. The van der Waals surface area contributed by atoms with Gasteiger partial charge in [-0.05, 0) is 37.8 Å². The van der Waals surface area contributed by atoms with Gasteiger partial charge < -0.3 is 4.90 Å². The van der Waals surface area contributed by atoms with Crippen LogP contribution in [0.4, 0.5) is 0 Å². The van der Waals surface area contributed by atoms with E-state index in [2.05, 4.69) is 6.92 Å². The zero-order chi connectivity index (χ0) is 14.9. The summed E-state index contributed by atoms with van der Waals surface area (Å²) in [5.74, 6) is 0.149. The fourth-order valence-corrected chi connectivity index (χ4v) is 3.70. The fraction of sp³-hybridized carbons (Fsp3) is 0.500. The lowest BCUT2D eigenvalue weighted by Gasteiger charge is -2.38. The number of amides is 1. The highest BCUT2D eigenvalue weighted by molar-refractivity contribution is 8.13. The van der Waals surface area contributed by atoms with Crippen LogP contribution in [0.2, 0.25) is 0 Å². The second-order valence-electron chi connectivity index (χ2n) is 5.29. The van der Waals surface area contributed by atoms with E-state index in [0.29, 0.717) is 12.5 Å². The predicted octanol–water partition coefficient (Wildman–Crippen LogP) is 2.87. The normalized spacial score (nSPS) is 23.6. The van der Waals surface area contributed by atoms with Gasteiger partial charge in [-0.1, -0.05) is 19.1 Å². The number of nitrogens with zero attached hydrogens (tertiary/aromatic N) is 1. The first-order valence-electron chi connectivity index (χ1n) is 6.67. The zero-order valence-electron chi connectivity index (χ0n) is 11.5. The molecule has 1 heterocycles. The van der Waals surface area contributed by atoms with Gasteiger partial charge in [0.25, 0.3) is 15.0 Å². The van der Waals surface area contributed by atoms with Crippen LogP contribution in [0.5, 0.6) is 0 Å². The molecule has 0 aromatic heterocycles. The molecule has 0 bridgehead atoms. The molecule has 2 rings (SSSR count). The molecule has 0 N–H and O–H groups in total. The molecule has 1 amide bonds. The molecule has 1 aromatic rings. The average Bonchev–Trinajstić information content (AvgIpc) is 2.40. The van der Waals surface area contributed by atoms with Crippen LogP contribution in [0, 0.1) is 5.92 Å². The Morgan fingerprint density at radius 2 is 1.95 bits per heavy atom. The van der Waals surface area contributed by atoms with Crippen molar-refractivity contribution in [3.05, 3.63) is 29.8 Å². The van der Waals surface area contributed by atoms with Gasteiger partial charge >= 0.3 is 0 Å². The van der Waals surface area contributed by atoms with Crippen molar-refractivity contribution in [3.63, 3.8) is 0 Å². The van der Waals surface area contributed by atoms with E-state index < -0.39 is 9.05 Å². The molecule has 2 atom stereocenters. The number of likely N-dealkylation sites (tertiary alicyclic amines) is 1. The molecular formula is C14H18ClNO3S. The van der Waals surface area contributed by atoms with E-state index in [-0.39, 0.29) is 22.4 Å². The largest absolute Gasteiger partial charge is 0.336 e. The van der Waals surface area contributed by atoms with Gasteiger partial charge in [0.1, 0.15) is 0 Å². The molecule has 1 aliphatic heterocycles. The zero-order valence-corrected chi connectivity index (χ0v) is 13.1. The maximum absolute atomic E-state index is 12.6.